The second-order valence-corrected chi connectivity index (χ2v) is 8.03. The number of primary sulfonamides is 1. The van der Waals surface area contributed by atoms with Crippen LogP contribution in [0.4, 0.5) is 5.69 Å². The van der Waals surface area contributed by atoms with Crippen molar-refractivity contribution >= 4 is 44.1 Å². The molecule has 0 bridgehead atoms. The van der Waals surface area contributed by atoms with Gasteiger partial charge in [-0.3, -0.25) is 0 Å². The molecule has 27 heavy (non-hydrogen) atoms. The number of carbonyl (C=O) groups is 1. The number of benzene rings is 3. The standard InChI is InChI=1S/C19H17ClN2O4S/c1-11(14-8-4-6-12-5-2-3-7-15(12)14)22-16-9-13(19(23)24)10-17(18(16)20)27(21,25)26/h2-11,22H,1H3,(H,23,24)(H2,21,25,26). The summed E-state index contributed by atoms with van der Waals surface area (Å²) in [5.41, 5.74) is 0.916. The molecule has 4 N–H and O–H groups in total. The topological polar surface area (TPSA) is 109 Å². The summed E-state index contributed by atoms with van der Waals surface area (Å²) in [6.07, 6.45) is 0. The lowest BCUT2D eigenvalue weighted by atomic mass is 9.99. The van der Waals surface area contributed by atoms with Gasteiger partial charge in [-0.05, 0) is 35.4 Å². The van der Waals surface area contributed by atoms with E-state index < -0.39 is 20.9 Å². The molecule has 6 nitrogen and oxygen atoms in total. The molecule has 3 aromatic carbocycles. The Bertz CT molecular complexity index is 1140. The molecule has 0 aliphatic rings. The monoisotopic (exact) mass is 404 g/mol. The maximum Gasteiger partial charge on any atom is 0.335 e. The Morgan fingerprint density at radius 1 is 1.15 bits per heavy atom. The molecular formula is C19H17ClN2O4S. The third-order valence-electron chi connectivity index (χ3n) is 4.25. The number of nitrogens with two attached hydrogens (primary N) is 1. The van der Waals surface area contributed by atoms with Crippen LogP contribution in [0.5, 0.6) is 0 Å². The van der Waals surface area contributed by atoms with Gasteiger partial charge in [-0.1, -0.05) is 54.1 Å². The number of nitrogens with one attached hydrogen (secondary N) is 1. The van der Waals surface area contributed by atoms with Crippen molar-refractivity contribution in [3.63, 3.8) is 0 Å². The van der Waals surface area contributed by atoms with E-state index in [4.69, 9.17) is 16.7 Å². The Morgan fingerprint density at radius 3 is 2.48 bits per heavy atom. The van der Waals surface area contributed by atoms with Gasteiger partial charge in [0.2, 0.25) is 10.0 Å². The fourth-order valence-electron chi connectivity index (χ4n) is 2.97. The van der Waals surface area contributed by atoms with Crippen molar-refractivity contribution < 1.29 is 18.3 Å². The van der Waals surface area contributed by atoms with E-state index >= 15 is 0 Å². The van der Waals surface area contributed by atoms with Crippen molar-refractivity contribution in [1.29, 1.82) is 0 Å². The highest BCUT2D eigenvalue weighted by Gasteiger charge is 2.21. The van der Waals surface area contributed by atoms with Crippen LogP contribution >= 0.6 is 11.6 Å². The lowest BCUT2D eigenvalue weighted by Gasteiger charge is -2.20. The minimum absolute atomic E-state index is 0.144. The molecule has 3 rings (SSSR count). The van der Waals surface area contributed by atoms with E-state index in [1.807, 2.05) is 49.4 Å². The van der Waals surface area contributed by atoms with E-state index in [1.165, 1.54) is 6.07 Å². The molecule has 0 amide bonds. The minimum Gasteiger partial charge on any atom is -0.478 e. The van der Waals surface area contributed by atoms with Crippen molar-refractivity contribution in [1.82, 2.24) is 0 Å². The van der Waals surface area contributed by atoms with Gasteiger partial charge >= 0.3 is 5.97 Å². The second-order valence-electron chi connectivity index (χ2n) is 6.12. The van der Waals surface area contributed by atoms with Crippen LogP contribution in [0.15, 0.2) is 59.5 Å². The summed E-state index contributed by atoms with van der Waals surface area (Å²) in [5.74, 6) is -1.28. The molecule has 1 atom stereocenters. The molecule has 8 heteroatoms. The highest BCUT2D eigenvalue weighted by Crippen LogP contribution is 2.34. The molecule has 1 unspecified atom stereocenters. The quantitative estimate of drug-likeness (QED) is 0.595. The van der Waals surface area contributed by atoms with E-state index in [2.05, 4.69) is 5.32 Å². The molecule has 0 saturated heterocycles. The number of hydrogen-bond donors (Lipinski definition) is 3. The first kappa shape index (κ1) is 19.2. The maximum atomic E-state index is 11.8. The summed E-state index contributed by atoms with van der Waals surface area (Å²) in [5, 5.41) is 19.5. The zero-order chi connectivity index (χ0) is 19.8. The van der Waals surface area contributed by atoms with Crippen molar-refractivity contribution in [2.24, 2.45) is 5.14 Å². The molecule has 0 saturated carbocycles. The fourth-order valence-corrected chi connectivity index (χ4v) is 4.11. The van der Waals surface area contributed by atoms with Gasteiger partial charge in [-0.25, -0.2) is 18.4 Å². The largest absolute Gasteiger partial charge is 0.478 e. The van der Waals surface area contributed by atoms with Crippen LogP contribution in [0.2, 0.25) is 5.02 Å². The fraction of sp³-hybridized carbons (Fsp3) is 0.105. The molecule has 0 spiro atoms. The molecule has 3 aromatic rings. The molecule has 0 aliphatic heterocycles. The lowest BCUT2D eigenvalue weighted by molar-refractivity contribution is 0.0696. The number of carboxylic acid groups (broad SMARTS) is 1. The first-order valence-electron chi connectivity index (χ1n) is 8.02. The highest BCUT2D eigenvalue weighted by molar-refractivity contribution is 7.89. The van der Waals surface area contributed by atoms with Gasteiger partial charge in [-0.2, -0.15) is 0 Å². The average molecular weight is 405 g/mol. The van der Waals surface area contributed by atoms with E-state index in [0.29, 0.717) is 0 Å². The van der Waals surface area contributed by atoms with Crippen LogP contribution in [0.25, 0.3) is 10.8 Å². The zero-order valence-corrected chi connectivity index (χ0v) is 15.9. The normalized spacial score (nSPS) is 12.7. The van der Waals surface area contributed by atoms with Crippen LogP contribution in [-0.4, -0.2) is 19.5 Å². The van der Waals surface area contributed by atoms with Crippen molar-refractivity contribution in [2.45, 2.75) is 17.9 Å². The van der Waals surface area contributed by atoms with Gasteiger partial charge in [0.1, 0.15) is 4.90 Å². The Morgan fingerprint density at radius 2 is 1.81 bits per heavy atom. The summed E-state index contributed by atoms with van der Waals surface area (Å²) in [4.78, 5) is 10.9. The van der Waals surface area contributed by atoms with Crippen LogP contribution in [0.1, 0.15) is 28.9 Å². The van der Waals surface area contributed by atoms with Gasteiger partial charge in [0.25, 0.3) is 0 Å². The van der Waals surface area contributed by atoms with E-state index in [9.17, 15) is 18.3 Å². The minimum atomic E-state index is -4.18. The van der Waals surface area contributed by atoms with Crippen LogP contribution in [0.3, 0.4) is 0 Å². The SMILES string of the molecule is CC(Nc1cc(C(=O)O)cc(S(N)(=O)=O)c1Cl)c1cccc2ccccc12. The van der Waals surface area contributed by atoms with E-state index in [0.717, 1.165) is 22.4 Å². The number of rotatable bonds is 5. The first-order valence-corrected chi connectivity index (χ1v) is 9.94. The molecule has 140 valence electrons. The van der Waals surface area contributed by atoms with Crippen LogP contribution in [0, 0.1) is 0 Å². The Labute approximate surface area is 161 Å². The average Bonchev–Trinajstić information content (AvgIpc) is 2.61. The molecule has 0 radical (unpaired) electrons. The summed E-state index contributed by atoms with van der Waals surface area (Å²) in [6, 6.07) is 15.7. The zero-order valence-electron chi connectivity index (χ0n) is 14.3. The summed E-state index contributed by atoms with van der Waals surface area (Å²) < 4.78 is 23.6. The lowest BCUT2D eigenvalue weighted by Crippen LogP contribution is -2.16. The predicted octanol–water partition coefficient (Wildman–Crippen LogP) is 4.01. The summed E-state index contributed by atoms with van der Waals surface area (Å²) >= 11 is 6.21. The smallest absolute Gasteiger partial charge is 0.335 e. The van der Waals surface area contributed by atoms with E-state index in [-0.39, 0.29) is 22.3 Å². The number of fused-ring (bicyclic) bond motifs is 1. The Hall–Kier alpha value is -2.61. The third-order valence-corrected chi connectivity index (χ3v) is 5.71. The van der Waals surface area contributed by atoms with Gasteiger partial charge in [-0.15, -0.1) is 0 Å². The Balaban J connectivity index is 2.09. The van der Waals surface area contributed by atoms with Crippen LogP contribution < -0.4 is 10.5 Å². The second kappa shape index (κ2) is 7.19. The molecule has 0 fully saturated rings. The summed E-state index contributed by atoms with van der Waals surface area (Å²) in [6.45, 7) is 1.88. The molecule has 0 heterocycles. The maximum absolute atomic E-state index is 11.8. The van der Waals surface area contributed by atoms with Crippen molar-refractivity contribution in [3.8, 4) is 0 Å². The third kappa shape index (κ3) is 3.90. The van der Waals surface area contributed by atoms with Crippen LogP contribution in [-0.2, 0) is 10.0 Å². The van der Waals surface area contributed by atoms with Gasteiger partial charge in [0.15, 0.2) is 0 Å². The highest BCUT2D eigenvalue weighted by atomic mass is 35.5. The molecule has 0 aromatic heterocycles. The number of hydrogen-bond acceptors (Lipinski definition) is 4. The number of halogens is 1. The van der Waals surface area contributed by atoms with Crippen molar-refractivity contribution in [3.05, 3.63) is 70.7 Å². The van der Waals surface area contributed by atoms with Gasteiger partial charge < -0.3 is 10.4 Å². The number of aromatic carboxylic acids is 1. The first-order chi connectivity index (χ1) is 12.7. The molecular weight excluding hydrogens is 388 g/mol. The van der Waals surface area contributed by atoms with Crippen molar-refractivity contribution in [2.75, 3.05) is 5.32 Å². The number of anilines is 1. The Kier molecular flexibility index (Phi) is 5.10. The number of carboxylic acids is 1. The predicted molar refractivity (Wildman–Crippen MR) is 106 cm³/mol. The number of sulfonamides is 1. The molecule has 0 aliphatic carbocycles. The van der Waals surface area contributed by atoms with Gasteiger partial charge in [0.05, 0.1) is 16.3 Å². The van der Waals surface area contributed by atoms with E-state index in [1.54, 1.807) is 0 Å². The van der Waals surface area contributed by atoms with Gasteiger partial charge in [0, 0.05) is 6.04 Å². The summed E-state index contributed by atoms with van der Waals surface area (Å²) in [7, 11) is -4.18.